The second kappa shape index (κ2) is 5.33. The highest BCUT2D eigenvalue weighted by Crippen LogP contribution is 2.02. The van der Waals surface area contributed by atoms with Crippen molar-refractivity contribution in [2.24, 2.45) is 0 Å². The Balaban J connectivity index is 2.38. The molecule has 0 aliphatic rings. The number of hydrogen-bond acceptors (Lipinski definition) is 5. The van der Waals surface area contributed by atoms with Gasteiger partial charge in [-0.1, -0.05) is 5.16 Å². The van der Waals surface area contributed by atoms with Crippen LogP contribution in [-0.4, -0.2) is 32.9 Å². The van der Waals surface area contributed by atoms with E-state index in [9.17, 15) is 4.79 Å². The van der Waals surface area contributed by atoms with Crippen LogP contribution in [0.5, 0.6) is 0 Å². The number of carboxylic acid groups (broad SMARTS) is 1. The second-order valence-electron chi connectivity index (χ2n) is 2.83. The maximum absolute atomic E-state index is 10.2. The monoisotopic (exact) mass is 200 g/mol. The Morgan fingerprint density at radius 2 is 2.21 bits per heavy atom. The Morgan fingerprint density at radius 1 is 1.43 bits per heavy atom. The minimum Gasteiger partial charge on any atom is -0.481 e. The highest BCUT2D eigenvalue weighted by molar-refractivity contribution is 5.66. The third kappa shape index (κ3) is 3.53. The first-order chi connectivity index (χ1) is 6.72. The molecule has 6 nitrogen and oxygen atoms in total. The van der Waals surface area contributed by atoms with Gasteiger partial charge in [-0.25, -0.2) is 0 Å². The molecule has 0 unspecified atom stereocenters. The van der Waals surface area contributed by atoms with Crippen LogP contribution in [0.4, 0.5) is 0 Å². The predicted molar refractivity (Wildman–Crippen MR) is 45.7 cm³/mol. The first-order valence-corrected chi connectivity index (χ1v) is 4.36. The molecule has 6 heteroatoms. The lowest BCUT2D eigenvalue weighted by molar-refractivity contribution is -0.137. The molecular formula is C8H12N2O4. The van der Waals surface area contributed by atoms with Crippen LogP contribution in [0.3, 0.4) is 0 Å². The van der Waals surface area contributed by atoms with Crippen LogP contribution in [0.15, 0.2) is 4.52 Å². The summed E-state index contributed by atoms with van der Waals surface area (Å²) in [7, 11) is 0. The largest absolute Gasteiger partial charge is 0.481 e. The number of nitrogens with zero attached hydrogens (tertiary/aromatic N) is 2. The van der Waals surface area contributed by atoms with Crippen molar-refractivity contribution in [1.29, 1.82) is 0 Å². The third-order valence-corrected chi connectivity index (χ3v) is 1.62. The zero-order valence-electron chi connectivity index (χ0n) is 7.64. The van der Waals surface area contributed by atoms with E-state index >= 15 is 0 Å². The molecule has 0 saturated carbocycles. The maximum Gasteiger partial charge on any atom is 0.303 e. The number of aromatic nitrogens is 2. The summed E-state index contributed by atoms with van der Waals surface area (Å²) in [6, 6.07) is 0. The number of carbonyl (C=O) groups is 1. The van der Waals surface area contributed by atoms with Gasteiger partial charge in [0.05, 0.1) is 6.42 Å². The van der Waals surface area contributed by atoms with Crippen molar-refractivity contribution < 1.29 is 19.5 Å². The van der Waals surface area contributed by atoms with Crippen LogP contribution < -0.4 is 0 Å². The lowest BCUT2D eigenvalue weighted by atomic mass is 10.3. The third-order valence-electron chi connectivity index (χ3n) is 1.62. The van der Waals surface area contributed by atoms with Gasteiger partial charge in [-0.2, -0.15) is 4.98 Å². The molecule has 0 aliphatic heterocycles. The maximum atomic E-state index is 10.2. The molecule has 2 N–H and O–H groups in total. The number of rotatable bonds is 6. The van der Waals surface area contributed by atoms with Gasteiger partial charge >= 0.3 is 5.97 Å². The summed E-state index contributed by atoms with van der Waals surface area (Å²) >= 11 is 0. The summed E-state index contributed by atoms with van der Waals surface area (Å²) < 4.78 is 4.81. The molecule has 1 heterocycles. The number of aliphatic carboxylic acids is 1. The highest BCUT2D eigenvalue weighted by atomic mass is 16.5. The van der Waals surface area contributed by atoms with Crippen LogP contribution >= 0.6 is 0 Å². The van der Waals surface area contributed by atoms with Crippen LogP contribution in [-0.2, 0) is 17.6 Å². The number of aryl methyl sites for hydroxylation is 2. The van der Waals surface area contributed by atoms with Crippen LogP contribution in [0.2, 0.25) is 0 Å². The van der Waals surface area contributed by atoms with Gasteiger partial charge in [0.1, 0.15) is 0 Å². The lowest BCUT2D eigenvalue weighted by Gasteiger charge is -1.88. The van der Waals surface area contributed by atoms with Gasteiger partial charge in [0, 0.05) is 19.4 Å². The normalized spacial score (nSPS) is 10.4. The molecular weight excluding hydrogens is 188 g/mol. The van der Waals surface area contributed by atoms with E-state index in [1.54, 1.807) is 0 Å². The van der Waals surface area contributed by atoms with Gasteiger partial charge in [0.15, 0.2) is 5.82 Å². The lowest BCUT2D eigenvalue weighted by Crippen LogP contribution is -1.98. The Hall–Kier alpha value is -1.43. The smallest absolute Gasteiger partial charge is 0.303 e. The summed E-state index contributed by atoms with van der Waals surface area (Å²) in [6.45, 7) is 0.0823. The standard InChI is InChI=1S/C8H12N2O4/c11-5-1-2-6-9-7(14-10-6)3-4-8(12)13/h11H,1-5H2,(H,12,13). The zero-order valence-corrected chi connectivity index (χ0v) is 7.64. The van der Waals surface area contributed by atoms with E-state index in [0.29, 0.717) is 24.6 Å². The molecule has 0 fully saturated rings. The van der Waals surface area contributed by atoms with E-state index in [0.717, 1.165) is 0 Å². The summed E-state index contributed by atoms with van der Waals surface area (Å²) in [5.74, 6) is -0.0418. The molecule has 1 aromatic heterocycles. The van der Waals surface area contributed by atoms with Gasteiger partial charge in [-0.3, -0.25) is 4.79 Å². The fraction of sp³-hybridized carbons (Fsp3) is 0.625. The van der Waals surface area contributed by atoms with E-state index in [4.69, 9.17) is 14.7 Å². The minimum atomic E-state index is -0.889. The Labute approximate surface area is 80.6 Å². The van der Waals surface area contributed by atoms with Crippen molar-refractivity contribution in [3.63, 3.8) is 0 Å². The van der Waals surface area contributed by atoms with Crippen molar-refractivity contribution in [2.45, 2.75) is 25.7 Å². The Kier molecular flexibility index (Phi) is 4.06. The van der Waals surface area contributed by atoms with Crippen molar-refractivity contribution >= 4 is 5.97 Å². The van der Waals surface area contributed by atoms with E-state index < -0.39 is 5.97 Å². The molecule has 0 aliphatic carbocycles. The first-order valence-electron chi connectivity index (χ1n) is 4.36. The summed E-state index contributed by atoms with van der Waals surface area (Å²) in [5, 5.41) is 20.6. The van der Waals surface area contributed by atoms with Gasteiger partial charge < -0.3 is 14.7 Å². The van der Waals surface area contributed by atoms with Crippen LogP contribution in [0.25, 0.3) is 0 Å². The number of aliphatic hydroxyl groups is 1. The van der Waals surface area contributed by atoms with Gasteiger partial charge in [0.2, 0.25) is 5.89 Å². The summed E-state index contributed by atoms with van der Waals surface area (Å²) in [6.07, 6.45) is 1.37. The van der Waals surface area contributed by atoms with Gasteiger partial charge in [-0.05, 0) is 6.42 Å². The van der Waals surface area contributed by atoms with Gasteiger partial charge in [0.25, 0.3) is 0 Å². The molecule has 0 spiro atoms. The Bertz CT molecular complexity index is 297. The molecule has 0 saturated heterocycles. The summed E-state index contributed by atoms with van der Waals surface area (Å²) in [4.78, 5) is 14.2. The van der Waals surface area contributed by atoms with Crippen LogP contribution in [0.1, 0.15) is 24.6 Å². The molecule has 1 aromatic rings. The Morgan fingerprint density at radius 3 is 2.86 bits per heavy atom. The molecule has 0 amide bonds. The van der Waals surface area contributed by atoms with Crippen molar-refractivity contribution in [3.8, 4) is 0 Å². The van der Waals surface area contributed by atoms with Crippen molar-refractivity contribution in [3.05, 3.63) is 11.7 Å². The number of carboxylic acids is 1. The fourth-order valence-electron chi connectivity index (χ4n) is 0.944. The van der Waals surface area contributed by atoms with E-state index in [-0.39, 0.29) is 19.4 Å². The topological polar surface area (TPSA) is 96.5 Å². The molecule has 0 atom stereocenters. The zero-order chi connectivity index (χ0) is 10.4. The molecule has 0 aromatic carbocycles. The average Bonchev–Trinajstić information content (AvgIpc) is 2.59. The molecule has 1 rings (SSSR count). The minimum absolute atomic E-state index is 0.0123. The quantitative estimate of drug-likeness (QED) is 0.671. The van der Waals surface area contributed by atoms with Crippen LogP contribution in [0, 0.1) is 0 Å². The number of hydrogen-bond donors (Lipinski definition) is 2. The average molecular weight is 200 g/mol. The first kappa shape index (κ1) is 10.6. The van der Waals surface area contributed by atoms with E-state index in [1.165, 1.54) is 0 Å². The molecule has 0 radical (unpaired) electrons. The van der Waals surface area contributed by atoms with E-state index in [2.05, 4.69) is 10.1 Å². The highest BCUT2D eigenvalue weighted by Gasteiger charge is 2.07. The second-order valence-corrected chi connectivity index (χ2v) is 2.83. The van der Waals surface area contributed by atoms with E-state index in [1.807, 2.05) is 0 Å². The van der Waals surface area contributed by atoms with Gasteiger partial charge in [-0.15, -0.1) is 0 Å². The molecule has 14 heavy (non-hydrogen) atoms. The molecule has 78 valence electrons. The number of aliphatic hydroxyl groups excluding tert-OH is 1. The van der Waals surface area contributed by atoms with Crippen molar-refractivity contribution in [2.75, 3.05) is 6.61 Å². The van der Waals surface area contributed by atoms with Crippen molar-refractivity contribution in [1.82, 2.24) is 10.1 Å². The fourth-order valence-corrected chi connectivity index (χ4v) is 0.944. The SMILES string of the molecule is O=C(O)CCc1nc(CCCO)no1. The summed E-state index contributed by atoms with van der Waals surface area (Å²) in [5.41, 5.74) is 0. The predicted octanol–water partition coefficient (Wildman–Crippen LogP) is 0.0117. The molecule has 0 bridgehead atoms.